The van der Waals surface area contributed by atoms with Gasteiger partial charge in [0.15, 0.2) is 17.5 Å². The molecule has 36 heavy (non-hydrogen) atoms. The number of unbranched alkanes of at least 4 members (excludes halogenated alkanes) is 2. The van der Waals surface area contributed by atoms with Crippen molar-refractivity contribution < 1.29 is 36.5 Å². The number of hydrogen-bond acceptors (Lipinski definition) is 3. The molecule has 0 aromatic heterocycles. The van der Waals surface area contributed by atoms with Gasteiger partial charge in [0, 0.05) is 22.1 Å². The highest BCUT2D eigenvalue weighted by atomic mass is 19.2. The number of hydrogen-bond donors (Lipinski definition) is 1. The summed E-state index contributed by atoms with van der Waals surface area (Å²) >= 11 is 0. The SMILES string of the molecule is CCCCCC1(C)COC(O)(c2ccc(-c3ccc(-c4cc(F)c(F)c(F)c4)c(F)c3)c(F)c2)OC1. The lowest BCUT2D eigenvalue weighted by atomic mass is 9.85. The molecule has 0 saturated carbocycles. The van der Waals surface area contributed by atoms with Crippen LogP contribution < -0.4 is 0 Å². The van der Waals surface area contributed by atoms with Crippen LogP contribution in [0.4, 0.5) is 22.0 Å². The molecule has 4 rings (SSSR count). The third-order valence-electron chi connectivity index (χ3n) is 6.53. The molecule has 8 heteroatoms. The summed E-state index contributed by atoms with van der Waals surface area (Å²) in [7, 11) is 0. The van der Waals surface area contributed by atoms with E-state index in [1.54, 1.807) is 0 Å². The Kier molecular flexibility index (Phi) is 7.50. The van der Waals surface area contributed by atoms with Crippen molar-refractivity contribution in [2.24, 2.45) is 5.41 Å². The van der Waals surface area contributed by atoms with Crippen molar-refractivity contribution in [3.8, 4) is 22.3 Å². The molecule has 3 aromatic carbocycles. The van der Waals surface area contributed by atoms with Crippen LogP contribution in [0.1, 0.15) is 45.1 Å². The molecule has 0 unspecified atom stereocenters. The zero-order valence-electron chi connectivity index (χ0n) is 20.0. The summed E-state index contributed by atoms with van der Waals surface area (Å²) in [6.45, 7) is 4.62. The van der Waals surface area contributed by atoms with Crippen molar-refractivity contribution in [1.29, 1.82) is 0 Å². The van der Waals surface area contributed by atoms with Crippen LogP contribution in [-0.4, -0.2) is 18.3 Å². The smallest absolute Gasteiger partial charge is 0.309 e. The van der Waals surface area contributed by atoms with Gasteiger partial charge in [-0.05, 0) is 41.8 Å². The van der Waals surface area contributed by atoms with E-state index in [1.165, 1.54) is 24.3 Å². The Balaban J connectivity index is 1.54. The number of halogens is 5. The van der Waals surface area contributed by atoms with E-state index in [0.717, 1.165) is 37.8 Å². The minimum atomic E-state index is -2.10. The summed E-state index contributed by atoms with van der Waals surface area (Å²) in [6, 6.07) is 8.83. The van der Waals surface area contributed by atoms with Crippen LogP contribution in [0.15, 0.2) is 48.5 Å². The van der Waals surface area contributed by atoms with Gasteiger partial charge in [-0.2, -0.15) is 0 Å². The monoisotopic (exact) mass is 506 g/mol. The van der Waals surface area contributed by atoms with Crippen molar-refractivity contribution in [3.05, 3.63) is 83.2 Å². The molecule has 1 heterocycles. The first-order valence-corrected chi connectivity index (χ1v) is 11.8. The van der Waals surface area contributed by atoms with Crippen molar-refractivity contribution in [2.45, 2.75) is 45.5 Å². The van der Waals surface area contributed by atoms with E-state index in [9.17, 15) is 22.7 Å². The fourth-order valence-corrected chi connectivity index (χ4v) is 4.31. The lowest BCUT2D eigenvalue weighted by molar-refractivity contribution is -0.415. The van der Waals surface area contributed by atoms with Gasteiger partial charge in [0.2, 0.25) is 0 Å². The van der Waals surface area contributed by atoms with E-state index in [0.29, 0.717) is 12.1 Å². The number of rotatable bonds is 7. The highest BCUT2D eigenvalue weighted by molar-refractivity contribution is 5.71. The molecule has 1 saturated heterocycles. The summed E-state index contributed by atoms with van der Waals surface area (Å²) < 4.78 is 81.4. The highest BCUT2D eigenvalue weighted by Crippen LogP contribution is 2.39. The van der Waals surface area contributed by atoms with E-state index >= 15 is 4.39 Å². The Morgan fingerprint density at radius 2 is 1.31 bits per heavy atom. The van der Waals surface area contributed by atoms with E-state index in [2.05, 4.69) is 6.92 Å². The maximum Gasteiger partial charge on any atom is 0.309 e. The molecule has 3 nitrogen and oxygen atoms in total. The van der Waals surface area contributed by atoms with Gasteiger partial charge in [-0.25, -0.2) is 22.0 Å². The number of benzene rings is 3. The average molecular weight is 507 g/mol. The minimum absolute atomic E-state index is 0.0319. The maximum atomic E-state index is 15.0. The first-order valence-electron chi connectivity index (χ1n) is 11.8. The molecule has 0 amide bonds. The maximum absolute atomic E-state index is 15.0. The zero-order valence-corrected chi connectivity index (χ0v) is 20.0. The molecule has 3 aromatic rings. The van der Waals surface area contributed by atoms with Crippen LogP contribution >= 0.6 is 0 Å². The largest absolute Gasteiger partial charge is 0.339 e. The molecule has 0 bridgehead atoms. The molecule has 0 aliphatic carbocycles. The van der Waals surface area contributed by atoms with Crippen molar-refractivity contribution in [3.63, 3.8) is 0 Å². The minimum Gasteiger partial charge on any atom is -0.339 e. The quantitative estimate of drug-likeness (QED) is 0.206. The summed E-state index contributed by atoms with van der Waals surface area (Å²) in [5, 5.41) is 10.8. The Hall–Kier alpha value is -2.81. The fraction of sp³-hybridized carbons (Fsp3) is 0.357. The van der Waals surface area contributed by atoms with Gasteiger partial charge in [-0.1, -0.05) is 57.4 Å². The molecule has 1 fully saturated rings. The van der Waals surface area contributed by atoms with Gasteiger partial charge >= 0.3 is 5.97 Å². The van der Waals surface area contributed by atoms with Crippen LogP contribution in [0.25, 0.3) is 22.3 Å². The predicted molar refractivity (Wildman–Crippen MR) is 125 cm³/mol. The second-order valence-corrected chi connectivity index (χ2v) is 9.57. The Morgan fingerprint density at radius 1 is 0.750 bits per heavy atom. The van der Waals surface area contributed by atoms with Crippen molar-refractivity contribution in [1.82, 2.24) is 0 Å². The number of aliphatic hydroxyl groups is 1. The summed E-state index contributed by atoms with van der Waals surface area (Å²) in [5.41, 5.74) is -0.367. The van der Waals surface area contributed by atoms with Gasteiger partial charge in [-0.15, -0.1) is 0 Å². The lowest BCUT2D eigenvalue weighted by Crippen LogP contribution is -2.46. The van der Waals surface area contributed by atoms with E-state index in [-0.39, 0.29) is 46.4 Å². The van der Waals surface area contributed by atoms with Crippen molar-refractivity contribution in [2.75, 3.05) is 13.2 Å². The molecule has 0 atom stereocenters. The Labute approximate surface area is 206 Å². The molecule has 192 valence electrons. The van der Waals surface area contributed by atoms with Crippen LogP contribution in [0, 0.1) is 34.5 Å². The summed E-state index contributed by atoms with van der Waals surface area (Å²) in [4.78, 5) is 0. The van der Waals surface area contributed by atoms with Gasteiger partial charge < -0.3 is 14.6 Å². The van der Waals surface area contributed by atoms with Gasteiger partial charge in [0.1, 0.15) is 11.6 Å². The fourth-order valence-electron chi connectivity index (χ4n) is 4.31. The molecule has 1 aliphatic rings. The Bertz CT molecular complexity index is 1230. The van der Waals surface area contributed by atoms with E-state index in [1.807, 2.05) is 6.92 Å². The predicted octanol–water partition coefficient (Wildman–Crippen LogP) is 7.45. The lowest BCUT2D eigenvalue weighted by Gasteiger charge is -2.42. The van der Waals surface area contributed by atoms with Gasteiger partial charge in [0.25, 0.3) is 0 Å². The first-order chi connectivity index (χ1) is 17.0. The van der Waals surface area contributed by atoms with Crippen LogP contribution in [0.2, 0.25) is 0 Å². The van der Waals surface area contributed by atoms with Crippen LogP contribution in [0.3, 0.4) is 0 Å². The highest BCUT2D eigenvalue weighted by Gasteiger charge is 2.42. The van der Waals surface area contributed by atoms with Crippen LogP contribution in [0.5, 0.6) is 0 Å². The summed E-state index contributed by atoms with van der Waals surface area (Å²) in [6.07, 6.45) is 4.07. The standard InChI is InChI=1S/C28H27F5O3/c1-3-4-5-10-27(2)15-35-28(34,36-16-27)19-7-9-20(23(30)14-19)17-6-8-21(22(29)11-17)18-12-24(31)26(33)25(32)13-18/h6-9,11-14,34H,3-5,10,15-16H2,1-2H3. The number of ether oxygens (including phenoxy) is 2. The Morgan fingerprint density at radius 3 is 1.89 bits per heavy atom. The molecular formula is C28H27F5O3. The average Bonchev–Trinajstić information content (AvgIpc) is 2.84. The molecule has 0 radical (unpaired) electrons. The third-order valence-corrected chi connectivity index (χ3v) is 6.53. The van der Waals surface area contributed by atoms with Gasteiger partial charge in [-0.3, -0.25) is 0 Å². The van der Waals surface area contributed by atoms with Crippen LogP contribution in [-0.2, 0) is 15.4 Å². The molecule has 1 aliphatic heterocycles. The molecule has 0 spiro atoms. The second-order valence-electron chi connectivity index (χ2n) is 9.57. The summed E-state index contributed by atoms with van der Waals surface area (Å²) in [5.74, 6) is -8.26. The zero-order chi connectivity index (χ0) is 26.1. The van der Waals surface area contributed by atoms with Crippen molar-refractivity contribution >= 4 is 0 Å². The third kappa shape index (κ3) is 5.31. The normalized spacial score (nSPS) is 22.1. The van der Waals surface area contributed by atoms with E-state index in [4.69, 9.17) is 9.47 Å². The first kappa shape index (κ1) is 26.3. The van der Waals surface area contributed by atoms with Gasteiger partial charge in [0.05, 0.1) is 13.2 Å². The molecule has 1 N–H and O–H groups in total. The second kappa shape index (κ2) is 10.3. The van der Waals surface area contributed by atoms with E-state index < -0.39 is 35.1 Å². The topological polar surface area (TPSA) is 38.7 Å². The molecular weight excluding hydrogens is 479 g/mol.